The first kappa shape index (κ1) is 39.2. The van der Waals surface area contributed by atoms with E-state index in [4.69, 9.17) is 9.47 Å². The second kappa shape index (κ2) is 26.8. The van der Waals surface area contributed by atoms with Crippen molar-refractivity contribution in [2.24, 2.45) is 0 Å². The van der Waals surface area contributed by atoms with Crippen molar-refractivity contribution in [2.45, 2.75) is 90.6 Å². The average Bonchev–Trinajstić information content (AvgIpc) is 2.76. The summed E-state index contributed by atoms with van der Waals surface area (Å²) in [5.41, 5.74) is 0. The van der Waals surface area contributed by atoms with Crippen LogP contribution in [0.15, 0.2) is 0 Å². The number of hydrogen-bond acceptors (Lipinski definition) is 8. The Labute approximate surface area is 254 Å². The molecular formula is C24H33Na2O8P. The number of esters is 2. The summed E-state index contributed by atoms with van der Waals surface area (Å²) in [6, 6.07) is 0. The molecule has 0 saturated heterocycles. The molecule has 0 rings (SSSR count). The summed E-state index contributed by atoms with van der Waals surface area (Å²) in [6.07, 6.45) is 9.98. The second-order valence-electron chi connectivity index (χ2n) is 7.26. The Balaban J connectivity index is -0.00000512. The molecule has 0 fully saturated rings. The minimum atomic E-state index is -5.28. The quantitative estimate of drug-likeness (QED) is 0.0481. The van der Waals surface area contributed by atoms with E-state index in [1.165, 1.54) is 38.5 Å². The number of phosphoric ester groups is 1. The first-order chi connectivity index (χ1) is 15.8. The van der Waals surface area contributed by atoms with Crippen LogP contribution in [-0.2, 0) is 28.2 Å². The first-order valence-electron chi connectivity index (χ1n) is 11.2. The predicted molar refractivity (Wildman–Crippen MR) is 120 cm³/mol. The number of rotatable bonds is 17. The van der Waals surface area contributed by atoms with Crippen LogP contribution in [-0.4, -0.2) is 31.3 Å². The molecule has 184 valence electrons. The van der Waals surface area contributed by atoms with Gasteiger partial charge in [-0.15, -0.1) is 0 Å². The fourth-order valence-corrected chi connectivity index (χ4v) is 3.05. The minimum Gasteiger partial charge on any atom is -0.790 e. The van der Waals surface area contributed by atoms with Gasteiger partial charge in [0, 0.05) is 12.3 Å². The van der Waals surface area contributed by atoms with Crippen LogP contribution < -0.4 is 68.9 Å². The van der Waals surface area contributed by atoms with Gasteiger partial charge in [0.1, 0.15) is 6.61 Å². The number of unbranched alkanes of at least 4 members (excludes halogenated alkanes) is 9. The van der Waals surface area contributed by atoms with E-state index in [0.717, 1.165) is 19.3 Å². The molecule has 0 unspecified atom stereocenters. The van der Waals surface area contributed by atoms with Crippen LogP contribution in [0.2, 0.25) is 0 Å². The number of ether oxygens (including phenoxy) is 2. The van der Waals surface area contributed by atoms with Gasteiger partial charge in [-0.1, -0.05) is 70.6 Å². The van der Waals surface area contributed by atoms with E-state index in [0.29, 0.717) is 6.42 Å². The van der Waals surface area contributed by atoms with Gasteiger partial charge in [0.2, 0.25) is 0 Å². The van der Waals surface area contributed by atoms with E-state index < -0.39 is 39.1 Å². The molecule has 0 aromatic carbocycles. The molecule has 0 N–H and O–H groups in total. The molecule has 0 aliphatic carbocycles. The van der Waals surface area contributed by atoms with Crippen molar-refractivity contribution >= 4 is 19.8 Å². The Hall–Kier alpha value is -0.270. The molecule has 0 radical (unpaired) electrons. The monoisotopic (exact) mass is 526 g/mol. The molecule has 0 aliphatic rings. The Kier molecular flexibility index (Phi) is 30.0. The maximum Gasteiger partial charge on any atom is 1.00 e. The van der Waals surface area contributed by atoms with Gasteiger partial charge in [-0.05, 0) is 37.0 Å². The predicted octanol–water partition coefficient (Wildman–Crippen LogP) is -3.36. The molecule has 0 saturated carbocycles. The van der Waals surface area contributed by atoms with Crippen molar-refractivity contribution in [3.05, 3.63) is 0 Å². The van der Waals surface area contributed by atoms with Crippen LogP contribution in [0, 0.1) is 35.5 Å². The van der Waals surface area contributed by atoms with Crippen LogP contribution >= 0.6 is 7.82 Å². The van der Waals surface area contributed by atoms with Crippen molar-refractivity contribution in [3.63, 3.8) is 0 Å². The zero-order valence-electron chi connectivity index (χ0n) is 21.5. The Bertz CT molecular complexity index is 809. The fraction of sp³-hybridized carbons (Fsp3) is 0.667. The van der Waals surface area contributed by atoms with Gasteiger partial charge < -0.3 is 28.3 Å². The second-order valence-corrected chi connectivity index (χ2v) is 8.41. The number of hydrogen-bond donors (Lipinski definition) is 0. The van der Waals surface area contributed by atoms with E-state index in [-0.39, 0.29) is 65.5 Å². The van der Waals surface area contributed by atoms with Gasteiger partial charge in [0.05, 0.1) is 14.4 Å². The first-order valence-corrected chi connectivity index (χ1v) is 12.7. The van der Waals surface area contributed by atoms with E-state index >= 15 is 0 Å². The molecule has 0 aromatic rings. The molecule has 0 amide bonds. The summed E-state index contributed by atoms with van der Waals surface area (Å²) in [5, 5.41) is 0. The van der Waals surface area contributed by atoms with Gasteiger partial charge in [-0.3, -0.25) is 4.79 Å². The summed E-state index contributed by atoms with van der Waals surface area (Å²) < 4.78 is 24.8. The normalized spacial score (nSPS) is 10.4. The molecule has 0 heterocycles. The smallest absolute Gasteiger partial charge is 0.790 e. The molecule has 35 heavy (non-hydrogen) atoms. The van der Waals surface area contributed by atoms with Crippen LogP contribution in [0.5, 0.6) is 0 Å². The van der Waals surface area contributed by atoms with Crippen molar-refractivity contribution < 1.29 is 97.1 Å². The topological polar surface area (TPSA) is 125 Å². The van der Waals surface area contributed by atoms with Crippen molar-refractivity contribution in [3.8, 4) is 35.5 Å². The summed E-state index contributed by atoms with van der Waals surface area (Å²) in [4.78, 5) is 45.0. The molecule has 0 bridgehead atoms. The number of carbonyl (C=O) groups is 2. The molecular weight excluding hydrogens is 493 g/mol. The average molecular weight is 526 g/mol. The number of phosphoric acid groups is 1. The molecule has 0 spiro atoms. The van der Waals surface area contributed by atoms with E-state index in [1.54, 1.807) is 6.92 Å². The third-order valence-corrected chi connectivity index (χ3v) is 4.79. The Morgan fingerprint density at radius 1 is 0.829 bits per heavy atom. The maximum atomic E-state index is 12.0. The van der Waals surface area contributed by atoms with Gasteiger partial charge in [-0.25, -0.2) is 4.79 Å². The van der Waals surface area contributed by atoms with Gasteiger partial charge >= 0.3 is 71.1 Å². The van der Waals surface area contributed by atoms with E-state index in [1.807, 2.05) is 0 Å². The van der Waals surface area contributed by atoms with Crippen LogP contribution in [0.4, 0.5) is 0 Å². The van der Waals surface area contributed by atoms with Crippen LogP contribution in [0.3, 0.4) is 0 Å². The van der Waals surface area contributed by atoms with Crippen LogP contribution in [0.25, 0.3) is 0 Å². The van der Waals surface area contributed by atoms with E-state index in [2.05, 4.69) is 47.0 Å². The largest absolute Gasteiger partial charge is 1.00 e. The SMILES string of the molecule is CC#CC#CC#CC(=O)OC[C@H](COP(=O)([O-])[O-])OC(=O)CCCCCCCCCCCC.[Na+].[Na+]. The summed E-state index contributed by atoms with van der Waals surface area (Å²) in [5.74, 6) is 12.4. The van der Waals surface area contributed by atoms with Crippen molar-refractivity contribution in [2.75, 3.05) is 13.2 Å². The maximum absolute atomic E-state index is 12.0. The zero-order valence-corrected chi connectivity index (χ0v) is 26.4. The van der Waals surface area contributed by atoms with Crippen molar-refractivity contribution in [1.29, 1.82) is 0 Å². The Morgan fingerprint density at radius 2 is 1.37 bits per heavy atom. The van der Waals surface area contributed by atoms with Gasteiger partial charge in [0.15, 0.2) is 6.10 Å². The Morgan fingerprint density at radius 3 is 1.91 bits per heavy atom. The van der Waals surface area contributed by atoms with Gasteiger partial charge in [0.25, 0.3) is 0 Å². The summed E-state index contributed by atoms with van der Waals surface area (Å²) in [7, 11) is -5.28. The fourth-order valence-electron chi connectivity index (χ4n) is 2.70. The number of carbonyl (C=O) groups excluding carboxylic acids is 2. The van der Waals surface area contributed by atoms with Gasteiger partial charge in [-0.2, -0.15) is 0 Å². The standard InChI is InChI=1S/C24H35O8P.2Na/c1-3-5-7-9-10-11-12-13-15-17-19-24(26)32-22(21-31-33(27,28)29)20-30-23(25)18-16-14-8-6-4-2;;/h22H,3,5,7,9-13,15,17,19-21H2,1-2H3,(H2,27,28,29);;/q;2*+1/p-2/t22-;;/m1../s1. The van der Waals surface area contributed by atoms with Crippen molar-refractivity contribution in [1.82, 2.24) is 0 Å². The van der Waals surface area contributed by atoms with E-state index in [9.17, 15) is 23.9 Å². The van der Waals surface area contributed by atoms with Crippen LogP contribution in [0.1, 0.15) is 84.5 Å². The molecule has 8 nitrogen and oxygen atoms in total. The minimum absolute atomic E-state index is 0. The third-order valence-electron chi connectivity index (χ3n) is 4.33. The molecule has 0 aromatic heterocycles. The molecule has 11 heteroatoms. The third kappa shape index (κ3) is 29.8. The summed E-state index contributed by atoms with van der Waals surface area (Å²) in [6.45, 7) is 2.52. The summed E-state index contributed by atoms with van der Waals surface area (Å²) >= 11 is 0. The zero-order chi connectivity index (χ0) is 24.8. The molecule has 0 aliphatic heterocycles. The molecule has 1 atom stereocenters.